The highest BCUT2D eigenvalue weighted by Gasteiger charge is 2.54. The lowest BCUT2D eigenvalue weighted by atomic mass is 9.51. The van der Waals surface area contributed by atoms with Crippen LogP contribution in [-0.2, 0) is 11.8 Å². The maximum Gasteiger partial charge on any atom is 0.343 e. The highest BCUT2D eigenvalue weighted by molar-refractivity contribution is 9.10. The molecule has 6 aromatic carbocycles. The van der Waals surface area contributed by atoms with Crippen LogP contribution in [0, 0.1) is 5.82 Å². The molecule has 0 radical (unpaired) electrons. The number of hydrogen-bond acceptors (Lipinski definition) is 4. The van der Waals surface area contributed by atoms with Crippen molar-refractivity contribution < 1.29 is 23.5 Å². The molecule has 4 nitrogen and oxygen atoms in total. The van der Waals surface area contributed by atoms with Crippen LogP contribution in [-0.4, -0.2) is 11.9 Å². The molecule has 9 rings (SSSR count). The van der Waals surface area contributed by atoms with Gasteiger partial charge in [0.2, 0.25) is 0 Å². The molecule has 48 heavy (non-hydrogen) atoms. The molecule has 0 heterocycles. The molecule has 3 aliphatic rings. The molecule has 0 N–H and O–H groups in total. The predicted octanol–water partition coefficient (Wildman–Crippen LogP) is 10.2. The SMILES string of the molecule is O=C(Oc1ccc(OC(=O)c2ccc(Br)cc2)c2c1C1c3ccccc3C2(Cc2ccc(F)cc2)c2ccccc21)c1ccc(Br)cc1. The summed E-state index contributed by atoms with van der Waals surface area (Å²) in [5, 5.41) is 0. The molecule has 234 valence electrons. The molecule has 0 aromatic heterocycles. The Balaban J connectivity index is 1.39. The van der Waals surface area contributed by atoms with Crippen molar-refractivity contribution in [1.29, 1.82) is 0 Å². The Morgan fingerprint density at radius 2 is 1.08 bits per heavy atom. The fraction of sp³-hybridized carbons (Fsp3) is 0.0732. The monoisotopic (exact) mass is 758 g/mol. The van der Waals surface area contributed by atoms with Crippen molar-refractivity contribution in [3.8, 4) is 11.5 Å². The smallest absolute Gasteiger partial charge is 0.343 e. The van der Waals surface area contributed by atoms with E-state index in [2.05, 4.69) is 56.1 Å². The topological polar surface area (TPSA) is 52.6 Å². The molecular formula is C41H25Br2FO4. The number of esters is 2. The second-order valence-corrected chi connectivity index (χ2v) is 13.8. The summed E-state index contributed by atoms with van der Waals surface area (Å²) in [4.78, 5) is 27.3. The van der Waals surface area contributed by atoms with E-state index in [9.17, 15) is 14.0 Å². The van der Waals surface area contributed by atoms with Crippen molar-refractivity contribution >= 4 is 43.8 Å². The van der Waals surface area contributed by atoms with Gasteiger partial charge in [-0.1, -0.05) is 92.5 Å². The second kappa shape index (κ2) is 12.0. The van der Waals surface area contributed by atoms with Gasteiger partial charge in [0.15, 0.2) is 0 Å². The van der Waals surface area contributed by atoms with Gasteiger partial charge in [0.25, 0.3) is 0 Å². The van der Waals surface area contributed by atoms with Gasteiger partial charge in [0, 0.05) is 26.0 Å². The lowest BCUT2D eigenvalue weighted by Gasteiger charge is -2.51. The number of rotatable bonds is 6. The Hall–Kier alpha value is -4.85. The Kier molecular flexibility index (Phi) is 7.61. The molecule has 0 saturated heterocycles. The van der Waals surface area contributed by atoms with E-state index in [0.29, 0.717) is 29.0 Å². The minimum Gasteiger partial charge on any atom is -0.423 e. The van der Waals surface area contributed by atoms with Crippen molar-refractivity contribution in [2.24, 2.45) is 0 Å². The molecular weight excluding hydrogens is 735 g/mol. The van der Waals surface area contributed by atoms with E-state index in [0.717, 1.165) is 47.9 Å². The molecule has 0 amide bonds. The van der Waals surface area contributed by atoms with E-state index in [1.165, 1.54) is 12.1 Å². The number of halogens is 3. The Bertz CT molecular complexity index is 2180. The van der Waals surface area contributed by atoms with Crippen molar-refractivity contribution in [2.45, 2.75) is 17.8 Å². The molecule has 2 bridgehead atoms. The molecule has 0 atom stereocenters. The fourth-order valence-corrected chi connectivity index (χ4v) is 7.85. The summed E-state index contributed by atoms with van der Waals surface area (Å²) in [6, 6.07) is 40.5. The average Bonchev–Trinajstić information content (AvgIpc) is 3.11. The number of benzene rings is 6. The van der Waals surface area contributed by atoms with Gasteiger partial charge in [-0.05, 0) is 107 Å². The molecule has 7 heteroatoms. The highest BCUT2D eigenvalue weighted by atomic mass is 79.9. The third-order valence-electron chi connectivity index (χ3n) is 9.29. The van der Waals surface area contributed by atoms with Gasteiger partial charge in [0.05, 0.1) is 16.5 Å². The number of hydrogen-bond donors (Lipinski definition) is 0. The van der Waals surface area contributed by atoms with Gasteiger partial charge in [-0.3, -0.25) is 0 Å². The normalized spacial score (nSPS) is 16.8. The van der Waals surface area contributed by atoms with Crippen LogP contribution in [0.2, 0.25) is 0 Å². The van der Waals surface area contributed by atoms with Crippen molar-refractivity contribution in [3.05, 3.63) is 198 Å². The first-order valence-electron chi connectivity index (χ1n) is 15.4. The van der Waals surface area contributed by atoms with E-state index in [1.807, 2.05) is 24.3 Å². The van der Waals surface area contributed by atoms with Crippen LogP contribution in [0.25, 0.3) is 0 Å². The van der Waals surface area contributed by atoms with Crippen LogP contribution in [0.5, 0.6) is 11.5 Å². The van der Waals surface area contributed by atoms with Gasteiger partial charge in [-0.25, -0.2) is 14.0 Å². The zero-order valence-electron chi connectivity index (χ0n) is 25.3. The number of carbonyl (C=O) groups excluding carboxylic acids is 2. The van der Waals surface area contributed by atoms with Gasteiger partial charge in [0.1, 0.15) is 17.3 Å². The van der Waals surface area contributed by atoms with Crippen LogP contribution in [0.15, 0.2) is 142 Å². The summed E-state index contributed by atoms with van der Waals surface area (Å²) in [6.07, 6.45) is 0.438. The molecule has 0 fully saturated rings. The van der Waals surface area contributed by atoms with E-state index in [4.69, 9.17) is 9.47 Å². The fourth-order valence-electron chi connectivity index (χ4n) is 7.33. The largest absolute Gasteiger partial charge is 0.423 e. The van der Waals surface area contributed by atoms with E-state index < -0.39 is 17.4 Å². The van der Waals surface area contributed by atoms with Crippen molar-refractivity contribution in [1.82, 2.24) is 0 Å². The molecule has 0 aliphatic heterocycles. The second-order valence-electron chi connectivity index (χ2n) is 12.0. The van der Waals surface area contributed by atoms with E-state index in [-0.39, 0.29) is 11.7 Å². The maximum absolute atomic E-state index is 14.2. The summed E-state index contributed by atoms with van der Waals surface area (Å²) < 4.78 is 28.4. The van der Waals surface area contributed by atoms with Crippen LogP contribution in [0.3, 0.4) is 0 Å². The van der Waals surface area contributed by atoms with Gasteiger partial charge < -0.3 is 9.47 Å². The Morgan fingerprint density at radius 1 is 0.604 bits per heavy atom. The number of carbonyl (C=O) groups is 2. The molecule has 0 unspecified atom stereocenters. The standard InChI is InChI=1S/C41H25Br2FO4/c42-27-15-11-25(12-16-27)39(45)47-34-21-22-35(48-40(46)26-13-17-28(43)18-14-26)38-37(34)36-30-5-1-3-7-32(30)41(38,33-8-4-2-6-31(33)36)23-24-9-19-29(44)20-10-24/h1-22,36H,23H2. The molecule has 6 aromatic rings. The van der Waals surface area contributed by atoms with Gasteiger partial charge >= 0.3 is 11.9 Å². The average molecular weight is 760 g/mol. The zero-order chi connectivity index (χ0) is 33.0. The molecule has 3 aliphatic carbocycles. The van der Waals surface area contributed by atoms with Gasteiger partial charge in [-0.15, -0.1) is 0 Å². The third kappa shape index (κ3) is 5.00. The van der Waals surface area contributed by atoms with Crippen LogP contribution in [0.4, 0.5) is 4.39 Å². The maximum atomic E-state index is 14.2. The Labute approximate surface area is 293 Å². The predicted molar refractivity (Wildman–Crippen MR) is 188 cm³/mol. The first-order chi connectivity index (χ1) is 23.3. The van der Waals surface area contributed by atoms with Gasteiger partial charge in [-0.2, -0.15) is 0 Å². The minimum atomic E-state index is -0.871. The summed E-state index contributed by atoms with van der Waals surface area (Å²) >= 11 is 6.87. The summed E-state index contributed by atoms with van der Waals surface area (Å²) in [6.45, 7) is 0. The van der Waals surface area contributed by atoms with E-state index >= 15 is 0 Å². The summed E-state index contributed by atoms with van der Waals surface area (Å²) in [7, 11) is 0. The minimum absolute atomic E-state index is 0.304. The zero-order valence-corrected chi connectivity index (χ0v) is 28.4. The number of ether oxygens (including phenoxy) is 2. The first-order valence-corrected chi connectivity index (χ1v) is 17.0. The lowest BCUT2D eigenvalue weighted by Crippen LogP contribution is -2.44. The summed E-state index contributed by atoms with van der Waals surface area (Å²) in [5.74, 6) is -0.877. The van der Waals surface area contributed by atoms with Crippen molar-refractivity contribution in [3.63, 3.8) is 0 Å². The van der Waals surface area contributed by atoms with E-state index in [1.54, 1.807) is 72.8 Å². The lowest BCUT2D eigenvalue weighted by molar-refractivity contribution is 0.0714. The van der Waals surface area contributed by atoms with Crippen molar-refractivity contribution in [2.75, 3.05) is 0 Å². The quantitative estimate of drug-likeness (QED) is 0.125. The molecule has 0 saturated carbocycles. The molecule has 0 spiro atoms. The van der Waals surface area contributed by atoms with Crippen LogP contribution < -0.4 is 9.47 Å². The summed E-state index contributed by atoms with van der Waals surface area (Å²) in [5.41, 5.74) is 6.60. The first kappa shape index (κ1) is 30.5. The van der Waals surface area contributed by atoms with Crippen LogP contribution >= 0.6 is 31.9 Å². The highest BCUT2D eigenvalue weighted by Crippen LogP contribution is 2.64. The Morgan fingerprint density at radius 3 is 1.62 bits per heavy atom. The third-order valence-corrected chi connectivity index (χ3v) is 10.4. The van der Waals surface area contributed by atoms with Crippen LogP contribution in [0.1, 0.15) is 65.6 Å².